The monoisotopic (exact) mass is 653 g/mol. The number of carboxylic acid groups (broad SMARTS) is 2. The molecule has 0 saturated carbocycles. The fourth-order valence-corrected chi connectivity index (χ4v) is 6.55. The second-order valence-electron chi connectivity index (χ2n) is 11.4. The molecule has 0 aromatic heterocycles. The van der Waals surface area contributed by atoms with Crippen LogP contribution < -0.4 is 10.0 Å². The van der Waals surface area contributed by atoms with Gasteiger partial charge in [0.2, 0.25) is 10.0 Å². The Labute approximate surface area is 270 Å². The lowest BCUT2D eigenvalue weighted by Crippen LogP contribution is -2.60. The van der Waals surface area contributed by atoms with Crippen LogP contribution in [0.4, 0.5) is 5.69 Å². The number of sulfonamides is 1. The van der Waals surface area contributed by atoms with Gasteiger partial charge in [0.05, 0.1) is 12.0 Å². The molecular weight excluding hydrogens is 610 g/mol. The van der Waals surface area contributed by atoms with Crippen LogP contribution in [0.2, 0.25) is 0 Å². The van der Waals surface area contributed by atoms with Crippen LogP contribution in [-0.2, 0) is 35.6 Å². The van der Waals surface area contributed by atoms with Gasteiger partial charge in [-0.25, -0.2) is 13.2 Å². The zero-order chi connectivity index (χ0) is 33.7. The molecule has 0 unspecified atom stereocenters. The molecule has 1 saturated heterocycles. The quantitative estimate of drug-likeness (QED) is 0.197. The van der Waals surface area contributed by atoms with Crippen molar-refractivity contribution in [1.29, 1.82) is 0 Å². The standard InChI is InChI=1S/C22H28N2O2.C12H15NO6S/c1-18-17-24(15-13-19-9-5-3-6-10-19)16-14-22(18,21(25)26-2)23-20-11-7-4-8-12-20;1-8-2-4-9(5-3-8)20(18,19)13-10(12(16)17)6-7-11(14)15/h3-12,18,23H,13-17H2,1-2H3;2-5,10,13H,6-7H2,1H3,(H,14,15)(H,16,17)/t18-,22+;10-/m10/s1. The first-order valence-electron chi connectivity index (χ1n) is 15.1. The molecule has 4 rings (SSSR count). The highest BCUT2D eigenvalue weighted by Crippen LogP contribution is 2.33. The number of carbonyl (C=O) groups is 3. The third-order valence-corrected chi connectivity index (χ3v) is 9.51. The lowest BCUT2D eigenvalue weighted by Gasteiger charge is -2.45. The van der Waals surface area contributed by atoms with Gasteiger partial charge >= 0.3 is 17.9 Å². The van der Waals surface area contributed by atoms with Crippen LogP contribution in [0.3, 0.4) is 0 Å². The van der Waals surface area contributed by atoms with E-state index < -0.39 is 40.0 Å². The molecule has 1 aliphatic rings. The van der Waals surface area contributed by atoms with E-state index in [1.807, 2.05) is 41.1 Å². The molecule has 3 atom stereocenters. The number of para-hydroxylation sites is 1. The Kier molecular flexibility index (Phi) is 13.3. The van der Waals surface area contributed by atoms with Crippen LogP contribution in [0.15, 0.2) is 89.8 Å². The molecule has 0 bridgehead atoms. The highest BCUT2D eigenvalue weighted by atomic mass is 32.2. The van der Waals surface area contributed by atoms with Crippen molar-refractivity contribution in [3.63, 3.8) is 0 Å². The summed E-state index contributed by atoms with van der Waals surface area (Å²) < 4.78 is 31.1. The highest BCUT2D eigenvalue weighted by molar-refractivity contribution is 7.89. The van der Waals surface area contributed by atoms with Gasteiger partial charge in [-0.15, -0.1) is 0 Å². The molecule has 0 radical (unpaired) electrons. The number of likely N-dealkylation sites (tertiary alicyclic amines) is 1. The van der Waals surface area contributed by atoms with Crippen molar-refractivity contribution in [1.82, 2.24) is 9.62 Å². The van der Waals surface area contributed by atoms with Crippen molar-refractivity contribution in [2.45, 2.75) is 56.0 Å². The van der Waals surface area contributed by atoms with Gasteiger partial charge in [0.15, 0.2) is 0 Å². The maximum atomic E-state index is 12.7. The van der Waals surface area contributed by atoms with E-state index in [2.05, 4.69) is 41.4 Å². The van der Waals surface area contributed by atoms with Crippen LogP contribution in [0, 0.1) is 12.8 Å². The van der Waals surface area contributed by atoms with E-state index in [0.717, 1.165) is 43.7 Å². The Morgan fingerprint density at radius 2 is 1.59 bits per heavy atom. The maximum absolute atomic E-state index is 12.7. The summed E-state index contributed by atoms with van der Waals surface area (Å²) in [5, 5.41) is 20.9. The molecule has 12 heteroatoms. The number of nitrogens with one attached hydrogen (secondary N) is 2. The summed E-state index contributed by atoms with van der Waals surface area (Å²) in [6.07, 6.45) is 1.01. The normalized spacial score (nSPS) is 18.8. The van der Waals surface area contributed by atoms with Gasteiger partial charge in [0, 0.05) is 37.7 Å². The number of aliphatic carboxylic acids is 2. The fourth-order valence-electron chi connectivity index (χ4n) is 5.32. The first-order valence-corrected chi connectivity index (χ1v) is 16.6. The van der Waals surface area contributed by atoms with Gasteiger partial charge in [-0.2, -0.15) is 4.72 Å². The van der Waals surface area contributed by atoms with Crippen molar-refractivity contribution < 1.29 is 37.8 Å². The second kappa shape index (κ2) is 16.9. The number of piperidine rings is 1. The van der Waals surface area contributed by atoms with Crippen LogP contribution in [0.1, 0.15) is 37.3 Å². The number of benzene rings is 3. The molecule has 1 heterocycles. The number of hydrogen-bond donors (Lipinski definition) is 4. The van der Waals surface area contributed by atoms with Crippen LogP contribution in [0.25, 0.3) is 0 Å². The molecule has 3 aromatic carbocycles. The van der Waals surface area contributed by atoms with Crippen molar-refractivity contribution in [3.05, 3.63) is 96.1 Å². The minimum absolute atomic E-state index is 0.0651. The number of anilines is 1. The lowest BCUT2D eigenvalue weighted by atomic mass is 9.78. The van der Waals surface area contributed by atoms with Gasteiger partial charge in [-0.3, -0.25) is 9.59 Å². The predicted molar refractivity (Wildman–Crippen MR) is 175 cm³/mol. The summed E-state index contributed by atoms with van der Waals surface area (Å²) in [6, 6.07) is 24.9. The smallest absolute Gasteiger partial charge is 0.331 e. The Bertz CT molecular complexity index is 1540. The van der Waals surface area contributed by atoms with E-state index in [4.69, 9.17) is 14.9 Å². The van der Waals surface area contributed by atoms with E-state index in [1.165, 1.54) is 24.8 Å². The number of nitrogens with zero attached hydrogens (tertiary/aromatic N) is 1. The summed E-state index contributed by atoms with van der Waals surface area (Å²) in [6.45, 7) is 6.70. The molecular formula is C34H43N3O8S. The average Bonchev–Trinajstić information content (AvgIpc) is 3.04. The molecule has 46 heavy (non-hydrogen) atoms. The summed E-state index contributed by atoms with van der Waals surface area (Å²) >= 11 is 0. The van der Waals surface area contributed by atoms with Crippen LogP contribution >= 0.6 is 0 Å². The lowest BCUT2D eigenvalue weighted by molar-refractivity contribution is -0.150. The van der Waals surface area contributed by atoms with E-state index in [-0.39, 0.29) is 23.2 Å². The number of carboxylic acids is 2. The maximum Gasteiger partial charge on any atom is 0.331 e. The summed E-state index contributed by atoms with van der Waals surface area (Å²) in [7, 11) is -2.52. The molecule has 0 aliphatic carbocycles. The van der Waals surface area contributed by atoms with Crippen molar-refractivity contribution in [3.8, 4) is 0 Å². The number of rotatable bonds is 13. The number of ether oxygens (including phenoxy) is 1. The van der Waals surface area contributed by atoms with Crippen LogP contribution in [0.5, 0.6) is 0 Å². The first-order chi connectivity index (χ1) is 21.9. The minimum atomic E-state index is -3.99. The molecule has 1 aliphatic heterocycles. The molecule has 1 fully saturated rings. The van der Waals surface area contributed by atoms with Gasteiger partial charge in [0.1, 0.15) is 11.6 Å². The molecule has 0 spiro atoms. The van der Waals surface area contributed by atoms with Gasteiger partial charge < -0.3 is 25.2 Å². The summed E-state index contributed by atoms with van der Waals surface area (Å²) in [4.78, 5) is 36.5. The molecule has 11 nitrogen and oxygen atoms in total. The number of aryl methyl sites for hydroxylation is 1. The minimum Gasteiger partial charge on any atom is -0.481 e. The zero-order valence-corrected chi connectivity index (χ0v) is 27.2. The van der Waals surface area contributed by atoms with Crippen molar-refractivity contribution >= 4 is 33.6 Å². The molecule has 0 amide bonds. The third-order valence-electron chi connectivity index (χ3n) is 8.02. The van der Waals surface area contributed by atoms with Crippen molar-refractivity contribution in [2.75, 3.05) is 32.1 Å². The largest absolute Gasteiger partial charge is 0.481 e. The number of carbonyl (C=O) groups excluding carboxylic acids is 1. The van der Waals surface area contributed by atoms with E-state index in [9.17, 15) is 22.8 Å². The Morgan fingerprint density at radius 3 is 2.13 bits per heavy atom. The van der Waals surface area contributed by atoms with Gasteiger partial charge in [0.25, 0.3) is 0 Å². The topological polar surface area (TPSA) is 162 Å². The van der Waals surface area contributed by atoms with Crippen molar-refractivity contribution in [2.24, 2.45) is 5.92 Å². The summed E-state index contributed by atoms with van der Waals surface area (Å²) in [5.41, 5.74) is 2.51. The van der Waals surface area contributed by atoms with Crippen LogP contribution in [-0.4, -0.2) is 79.8 Å². The predicted octanol–water partition coefficient (Wildman–Crippen LogP) is 4.19. The number of esters is 1. The third kappa shape index (κ3) is 10.4. The highest BCUT2D eigenvalue weighted by Gasteiger charge is 2.47. The van der Waals surface area contributed by atoms with Gasteiger partial charge in [-0.05, 0) is 56.0 Å². The molecule has 248 valence electrons. The SMILES string of the molecule is COC(=O)[C@]1(Nc2ccccc2)CCN(CCc2ccccc2)C[C@H]1C.Cc1ccc(S(=O)(=O)N[C@@H](CCC(=O)O)C(=O)O)cc1. The summed E-state index contributed by atoms with van der Waals surface area (Å²) in [5.74, 6) is -2.62. The second-order valence-corrected chi connectivity index (χ2v) is 13.1. The number of hydrogen-bond acceptors (Lipinski definition) is 8. The van der Waals surface area contributed by atoms with E-state index in [0.29, 0.717) is 0 Å². The van der Waals surface area contributed by atoms with Gasteiger partial charge in [-0.1, -0.05) is 73.2 Å². The Hall–Kier alpha value is -4.26. The van der Waals surface area contributed by atoms with E-state index >= 15 is 0 Å². The number of methoxy groups -OCH3 is 1. The zero-order valence-electron chi connectivity index (χ0n) is 26.4. The first kappa shape index (κ1) is 36.2. The Morgan fingerprint density at radius 1 is 0.978 bits per heavy atom. The average molecular weight is 654 g/mol. The Balaban J connectivity index is 0.000000260. The fraction of sp³-hybridized carbons (Fsp3) is 0.382. The van der Waals surface area contributed by atoms with E-state index in [1.54, 1.807) is 19.1 Å². The molecule has 3 aromatic rings. The molecule has 4 N–H and O–H groups in total.